The number of rotatable bonds is 6. The van der Waals surface area contributed by atoms with Gasteiger partial charge >= 0.3 is 0 Å². The molecule has 1 N–H and O–H groups in total. The molecular formula is C16H21N4O3S-. The Labute approximate surface area is 143 Å². The van der Waals surface area contributed by atoms with E-state index in [0.29, 0.717) is 12.5 Å². The molecule has 0 saturated carbocycles. The van der Waals surface area contributed by atoms with E-state index in [1.165, 1.54) is 0 Å². The lowest BCUT2D eigenvalue weighted by molar-refractivity contribution is 0.380. The van der Waals surface area contributed by atoms with Crippen LogP contribution >= 0.6 is 0 Å². The largest absolute Gasteiger partial charge is 0.760 e. The Morgan fingerprint density at radius 2 is 2.17 bits per heavy atom. The average Bonchev–Trinajstić information content (AvgIpc) is 2.61. The molecule has 1 aliphatic heterocycles. The van der Waals surface area contributed by atoms with Crippen LogP contribution in [0.3, 0.4) is 0 Å². The molecular weight excluding hydrogens is 328 g/mol. The molecule has 3 rings (SSSR count). The summed E-state index contributed by atoms with van der Waals surface area (Å²) < 4.78 is 28.7. The van der Waals surface area contributed by atoms with Gasteiger partial charge in [0.05, 0.1) is 12.6 Å². The predicted octanol–water partition coefficient (Wildman–Crippen LogP) is 1.63. The van der Waals surface area contributed by atoms with E-state index in [0.717, 1.165) is 54.8 Å². The number of hydrogen-bond acceptors (Lipinski definition) is 6. The van der Waals surface area contributed by atoms with Crippen molar-refractivity contribution in [2.45, 2.75) is 19.3 Å². The second-order valence-electron chi connectivity index (χ2n) is 5.93. The van der Waals surface area contributed by atoms with Gasteiger partial charge in [0.15, 0.2) is 0 Å². The van der Waals surface area contributed by atoms with Gasteiger partial charge in [-0.3, -0.25) is 4.21 Å². The van der Waals surface area contributed by atoms with E-state index < -0.39 is 11.3 Å². The molecule has 1 aromatic heterocycles. The van der Waals surface area contributed by atoms with Gasteiger partial charge in [-0.25, -0.2) is 14.7 Å². The zero-order chi connectivity index (χ0) is 16.9. The van der Waals surface area contributed by atoms with Crippen molar-refractivity contribution in [3.8, 4) is 5.75 Å². The van der Waals surface area contributed by atoms with E-state index >= 15 is 0 Å². The van der Waals surface area contributed by atoms with Crippen LogP contribution in [0, 0.1) is 5.92 Å². The third-order valence-electron chi connectivity index (χ3n) is 4.51. The maximum absolute atomic E-state index is 10.5. The quantitative estimate of drug-likeness (QED) is 0.797. The van der Waals surface area contributed by atoms with E-state index in [2.05, 4.69) is 19.6 Å². The number of hydrogen-bond donors (Lipinski definition) is 1. The third kappa shape index (κ3) is 4.00. The molecule has 7 nitrogen and oxygen atoms in total. The Morgan fingerprint density at radius 1 is 1.38 bits per heavy atom. The normalized spacial score (nSPS) is 17.2. The molecule has 2 heterocycles. The van der Waals surface area contributed by atoms with Crippen LogP contribution in [-0.4, -0.2) is 45.5 Å². The zero-order valence-corrected chi connectivity index (χ0v) is 14.4. The first-order chi connectivity index (χ1) is 11.7. The molecule has 1 aromatic carbocycles. The minimum Gasteiger partial charge on any atom is -0.760 e. The number of fused-ring (bicyclic) bond motifs is 1. The first-order valence-corrected chi connectivity index (χ1v) is 9.11. The van der Waals surface area contributed by atoms with E-state index in [1.54, 1.807) is 13.4 Å². The second kappa shape index (κ2) is 7.87. The Bertz CT molecular complexity index is 720. The fraction of sp³-hybridized carbons (Fsp3) is 0.500. The van der Waals surface area contributed by atoms with E-state index in [1.807, 2.05) is 18.2 Å². The van der Waals surface area contributed by atoms with Gasteiger partial charge in [-0.15, -0.1) is 0 Å². The molecule has 0 aliphatic carbocycles. The summed E-state index contributed by atoms with van der Waals surface area (Å²) in [5, 5.41) is 1.03. The predicted molar refractivity (Wildman–Crippen MR) is 92.6 cm³/mol. The highest BCUT2D eigenvalue weighted by atomic mass is 32.2. The molecule has 0 bridgehead atoms. The monoisotopic (exact) mass is 349 g/mol. The second-order valence-corrected chi connectivity index (χ2v) is 6.69. The summed E-state index contributed by atoms with van der Waals surface area (Å²) in [5.74, 6) is 2.29. The molecule has 1 unspecified atom stereocenters. The van der Waals surface area contributed by atoms with Crippen molar-refractivity contribution in [2.24, 2.45) is 5.92 Å². The summed E-state index contributed by atoms with van der Waals surface area (Å²) in [7, 11) is 1.64. The van der Waals surface area contributed by atoms with Gasteiger partial charge in [0.2, 0.25) is 0 Å². The molecule has 1 saturated heterocycles. The van der Waals surface area contributed by atoms with Crippen LogP contribution < -0.4 is 14.4 Å². The number of aromatic nitrogens is 2. The number of benzene rings is 1. The molecule has 1 fully saturated rings. The Morgan fingerprint density at radius 3 is 2.88 bits per heavy atom. The maximum Gasteiger partial charge on any atom is 0.139 e. The summed E-state index contributed by atoms with van der Waals surface area (Å²) in [6.07, 6.45) is 4.55. The highest BCUT2D eigenvalue weighted by molar-refractivity contribution is 7.77. The van der Waals surface area contributed by atoms with Crippen LogP contribution in [0.4, 0.5) is 5.82 Å². The highest BCUT2D eigenvalue weighted by Crippen LogP contribution is 2.29. The van der Waals surface area contributed by atoms with Crippen LogP contribution in [0.1, 0.15) is 19.3 Å². The molecule has 8 heteroatoms. The van der Waals surface area contributed by atoms with Crippen molar-refractivity contribution < 1.29 is 13.5 Å². The number of methoxy groups -OCH3 is 1. The lowest BCUT2D eigenvalue weighted by Gasteiger charge is -2.33. The molecule has 0 spiro atoms. The SMILES string of the molecule is COc1ccc2c(N3CCC(CCNS(=O)[O-])CC3)ncnc2c1. The summed E-state index contributed by atoms with van der Waals surface area (Å²) in [4.78, 5) is 11.1. The summed E-state index contributed by atoms with van der Waals surface area (Å²) in [5.41, 5.74) is 0.878. The summed E-state index contributed by atoms with van der Waals surface area (Å²) in [6, 6.07) is 5.85. The molecule has 1 atom stereocenters. The van der Waals surface area contributed by atoms with Gasteiger partial charge in [-0.1, -0.05) is 0 Å². The summed E-state index contributed by atoms with van der Waals surface area (Å²) in [6.45, 7) is 2.35. The first-order valence-electron chi connectivity index (χ1n) is 8.04. The Balaban J connectivity index is 1.66. The maximum atomic E-state index is 10.5. The molecule has 1 aliphatic rings. The van der Waals surface area contributed by atoms with E-state index in [-0.39, 0.29) is 0 Å². The lowest BCUT2D eigenvalue weighted by Crippen LogP contribution is -2.35. The Hall–Kier alpha value is -1.77. The van der Waals surface area contributed by atoms with Crippen LogP contribution in [-0.2, 0) is 11.3 Å². The van der Waals surface area contributed by atoms with Crippen LogP contribution in [0.25, 0.3) is 10.9 Å². The van der Waals surface area contributed by atoms with Gasteiger partial charge in [0.25, 0.3) is 0 Å². The number of ether oxygens (including phenoxy) is 1. The first kappa shape index (κ1) is 17.1. The standard InChI is InChI=1S/C16H22N4O3S/c1-23-13-2-3-14-15(10-13)17-11-18-16(14)20-8-5-12(6-9-20)4-7-19-24(21)22/h2-3,10-12,19H,4-9H2,1H3,(H,21,22)/p-1. The van der Waals surface area contributed by atoms with Crippen LogP contribution in [0.15, 0.2) is 24.5 Å². The topological polar surface area (TPSA) is 90.4 Å². The van der Waals surface area contributed by atoms with Crippen LogP contribution in [0.2, 0.25) is 0 Å². The number of piperidine rings is 1. The van der Waals surface area contributed by atoms with Crippen molar-refractivity contribution in [3.05, 3.63) is 24.5 Å². The minimum absolute atomic E-state index is 0.511. The van der Waals surface area contributed by atoms with Crippen molar-refractivity contribution in [1.82, 2.24) is 14.7 Å². The fourth-order valence-corrected chi connectivity index (χ4v) is 3.47. The molecule has 0 amide bonds. The van der Waals surface area contributed by atoms with Gasteiger partial charge in [-0.05, 0) is 37.3 Å². The molecule has 130 valence electrons. The smallest absolute Gasteiger partial charge is 0.139 e. The number of anilines is 1. The van der Waals surface area contributed by atoms with Gasteiger partial charge in [0.1, 0.15) is 17.9 Å². The molecule has 0 radical (unpaired) electrons. The van der Waals surface area contributed by atoms with Gasteiger partial charge in [-0.2, -0.15) is 0 Å². The third-order valence-corrected chi connectivity index (χ3v) is 4.95. The van der Waals surface area contributed by atoms with Gasteiger partial charge in [0, 0.05) is 42.4 Å². The minimum atomic E-state index is -2.16. The number of nitrogens with zero attached hydrogens (tertiary/aromatic N) is 3. The summed E-state index contributed by atoms with van der Waals surface area (Å²) >= 11 is -2.16. The van der Waals surface area contributed by atoms with Crippen molar-refractivity contribution >= 4 is 28.0 Å². The average molecular weight is 349 g/mol. The zero-order valence-electron chi connectivity index (χ0n) is 13.6. The molecule has 2 aromatic rings. The van der Waals surface area contributed by atoms with Crippen molar-refractivity contribution in [2.75, 3.05) is 31.6 Å². The highest BCUT2D eigenvalue weighted by Gasteiger charge is 2.21. The van der Waals surface area contributed by atoms with E-state index in [9.17, 15) is 8.76 Å². The lowest BCUT2D eigenvalue weighted by atomic mass is 9.93. The van der Waals surface area contributed by atoms with Crippen molar-refractivity contribution in [1.29, 1.82) is 0 Å². The van der Waals surface area contributed by atoms with Crippen molar-refractivity contribution in [3.63, 3.8) is 0 Å². The number of nitrogens with one attached hydrogen (secondary N) is 1. The fourth-order valence-electron chi connectivity index (χ4n) is 3.18. The molecule has 24 heavy (non-hydrogen) atoms. The Kier molecular flexibility index (Phi) is 5.60. The van der Waals surface area contributed by atoms with Crippen LogP contribution in [0.5, 0.6) is 5.75 Å². The van der Waals surface area contributed by atoms with Gasteiger partial charge < -0.3 is 14.2 Å². The van der Waals surface area contributed by atoms with E-state index in [4.69, 9.17) is 4.74 Å².